The largest absolute Gasteiger partial charge is 0.463 e. The molecule has 19 heavy (non-hydrogen) atoms. The highest BCUT2D eigenvalue weighted by atomic mass is 79.9. The van der Waals surface area contributed by atoms with Crippen LogP contribution in [0.2, 0.25) is 0 Å². The second-order valence-electron chi connectivity index (χ2n) is 4.06. The van der Waals surface area contributed by atoms with Gasteiger partial charge in [-0.3, -0.25) is 4.79 Å². The minimum absolute atomic E-state index is 0.122. The number of halogens is 1. The summed E-state index contributed by atoms with van der Waals surface area (Å²) in [6.07, 6.45) is 1.73. The molecule has 0 amide bonds. The minimum Gasteiger partial charge on any atom is -0.463 e. The molecular formula is C13H12BrNO4. The second kappa shape index (κ2) is 5.44. The normalized spacial score (nSPS) is 10.5. The molecule has 2 aromatic heterocycles. The number of rotatable bonds is 3. The van der Waals surface area contributed by atoms with Gasteiger partial charge >= 0.3 is 5.97 Å². The Morgan fingerprint density at radius 1 is 1.47 bits per heavy atom. The Morgan fingerprint density at radius 3 is 2.89 bits per heavy atom. The molecular weight excluding hydrogens is 314 g/mol. The van der Waals surface area contributed by atoms with E-state index in [0.717, 1.165) is 5.56 Å². The average molecular weight is 326 g/mol. The minimum atomic E-state index is -0.538. The van der Waals surface area contributed by atoms with Gasteiger partial charge in [0.2, 0.25) is 5.76 Å². The zero-order valence-corrected chi connectivity index (χ0v) is 12.1. The molecule has 0 aromatic carbocycles. The van der Waals surface area contributed by atoms with Crippen LogP contribution in [0.15, 0.2) is 38.1 Å². The number of furan rings is 1. The molecule has 0 unspecified atom stereocenters. The average Bonchev–Trinajstić information content (AvgIpc) is 2.83. The van der Waals surface area contributed by atoms with Gasteiger partial charge in [0.1, 0.15) is 5.76 Å². The monoisotopic (exact) mass is 325 g/mol. The summed E-state index contributed by atoms with van der Waals surface area (Å²) in [4.78, 5) is 23.2. The van der Waals surface area contributed by atoms with Gasteiger partial charge in [-0.1, -0.05) is 0 Å². The van der Waals surface area contributed by atoms with E-state index in [1.807, 2.05) is 6.92 Å². The first kappa shape index (κ1) is 13.6. The van der Waals surface area contributed by atoms with E-state index in [1.165, 1.54) is 17.7 Å². The molecule has 6 heteroatoms. The molecule has 2 heterocycles. The van der Waals surface area contributed by atoms with Crippen LogP contribution in [0, 0.1) is 6.92 Å². The Kier molecular flexibility index (Phi) is 3.90. The van der Waals surface area contributed by atoms with Crippen LogP contribution in [0.5, 0.6) is 0 Å². The van der Waals surface area contributed by atoms with Crippen LogP contribution >= 0.6 is 15.9 Å². The highest BCUT2D eigenvalue weighted by molar-refractivity contribution is 9.10. The number of methoxy groups -OCH3 is 1. The van der Waals surface area contributed by atoms with Crippen LogP contribution in [0.25, 0.3) is 0 Å². The topological polar surface area (TPSA) is 61.4 Å². The lowest BCUT2D eigenvalue weighted by atomic mass is 10.3. The maximum absolute atomic E-state index is 11.9. The molecule has 0 spiro atoms. The molecule has 0 aliphatic carbocycles. The van der Waals surface area contributed by atoms with E-state index in [-0.39, 0.29) is 17.9 Å². The fraction of sp³-hybridized carbons (Fsp3) is 0.231. The first-order chi connectivity index (χ1) is 9.01. The molecule has 0 aliphatic rings. The molecule has 0 fully saturated rings. The summed E-state index contributed by atoms with van der Waals surface area (Å²) < 4.78 is 11.9. The number of pyridine rings is 1. The number of carbonyl (C=O) groups excluding carboxylic acids is 1. The van der Waals surface area contributed by atoms with Crippen LogP contribution in [-0.2, 0) is 11.3 Å². The van der Waals surface area contributed by atoms with Gasteiger partial charge in [-0.15, -0.1) is 0 Å². The van der Waals surface area contributed by atoms with Crippen LogP contribution < -0.4 is 5.56 Å². The van der Waals surface area contributed by atoms with E-state index in [9.17, 15) is 9.59 Å². The molecule has 5 nitrogen and oxygen atoms in total. The number of hydrogen-bond acceptors (Lipinski definition) is 4. The molecule has 0 radical (unpaired) electrons. The molecule has 100 valence electrons. The predicted octanol–water partition coefficient (Wildman–Crippen LogP) is 2.35. The van der Waals surface area contributed by atoms with Gasteiger partial charge in [0.25, 0.3) is 5.56 Å². The Hall–Kier alpha value is -1.82. The van der Waals surface area contributed by atoms with Crippen molar-refractivity contribution in [3.63, 3.8) is 0 Å². The lowest BCUT2D eigenvalue weighted by molar-refractivity contribution is 0.0563. The molecule has 2 rings (SSSR count). The van der Waals surface area contributed by atoms with E-state index in [0.29, 0.717) is 10.2 Å². The maximum atomic E-state index is 11.9. The number of nitrogens with zero attached hydrogens (tertiary/aromatic N) is 1. The third-order valence-electron chi connectivity index (χ3n) is 2.55. The summed E-state index contributed by atoms with van der Waals surface area (Å²) in [5, 5.41) is 0. The number of aromatic nitrogens is 1. The summed E-state index contributed by atoms with van der Waals surface area (Å²) >= 11 is 3.21. The fourth-order valence-corrected chi connectivity index (χ4v) is 2.29. The number of hydrogen-bond donors (Lipinski definition) is 0. The SMILES string of the molecule is COC(=O)c1ccc(Cn2cc(C)cc(Br)c2=O)o1. The summed E-state index contributed by atoms with van der Waals surface area (Å²) in [7, 11) is 1.28. The number of esters is 1. The van der Waals surface area contributed by atoms with Crippen molar-refractivity contribution in [2.24, 2.45) is 0 Å². The zero-order valence-electron chi connectivity index (χ0n) is 10.5. The summed E-state index contributed by atoms with van der Waals surface area (Å²) in [6.45, 7) is 2.15. The predicted molar refractivity (Wildman–Crippen MR) is 72.3 cm³/mol. The lowest BCUT2D eigenvalue weighted by Gasteiger charge is -2.05. The highest BCUT2D eigenvalue weighted by Gasteiger charge is 2.12. The lowest BCUT2D eigenvalue weighted by Crippen LogP contribution is -2.20. The van der Waals surface area contributed by atoms with Gasteiger partial charge in [-0.25, -0.2) is 4.79 Å². The van der Waals surface area contributed by atoms with Gasteiger partial charge in [-0.2, -0.15) is 0 Å². The van der Waals surface area contributed by atoms with Gasteiger partial charge in [0.15, 0.2) is 0 Å². The van der Waals surface area contributed by atoms with Gasteiger partial charge < -0.3 is 13.7 Å². The number of carbonyl (C=O) groups is 1. The third-order valence-corrected chi connectivity index (χ3v) is 3.12. The van der Waals surface area contributed by atoms with Crippen molar-refractivity contribution in [3.05, 3.63) is 56.3 Å². The Balaban J connectivity index is 2.29. The van der Waals surface area contributed by atoms with E-state index in [1.54, 1.807) is 18.3 Å². The molecule has 0 aliphatic heterocycles. The fourth-order valence-electron chi connectivity index (χ4n) is 1.70. The Labute approximate surface area is 117 Å². The van der Waals surface area contributed by atoms with Gasteiger partial charge in [0, 0.05) is 6.20 Å². The first-order valence-corrected chi connectivity index (χ1v) is 6.34. The first-order valence-electron chi connectivity index (χ1n) is 5.55. The van der Waals surface area contributed by atoms with Crippen molar-refractivity contribution in [2.75, 3.05) is 7.11 Å². The summed E-state index contributed by atoms with van der Waals surface area (Å²) in [5.41, 5.74) is 0.799. The van der Waals surface area contributed by atoms with E-state index in [4.69, 9.17) is 4.42 Å². The molecule has 0 N–H and O–H groups in total. The summed E-state index contributed by atoms with van der Waals surface area (Å²) in [6, 6.07) is 4.92. The van der Waals surface area contributed by atoms with Crippen molar-refractivity contribution in [1.82, 2.24) is 4.57 Å². The molecule has 0 saturated heterocycles. The van der Waals surface area contributed by atoms with Crippen LogP contribution in [0.1, 0.15) is 21.9 Å². The van der Waals surface area contributed by atoms with Crippen LogP contribution in [-0.4, -0.2) is 17.6 Å². The maximum Gasteiger partial charge on any atom is 0.373 e. The Bertz CT molecular complexity index is 672. The highest BCUT2D eigenvalue weighted by Crippen LogP contribution is 2.12. The van der Waals surface area contributed by atoms with Crippen molar-refractivity contribution in [3.8, 4) is 0 Å². The van der Waals surface area contributed by atoms with Crippen molar-refractivity contribution in [1.29, 1.82) is 0 Å². The Morgan fingerprint density at radius 2 is 2.21 bits per heavy atom. The van der Waals surface area contributed by atoms with Gasteiger partial charge in [-0.05, 0) is 46.6 Å². The standard InChI is InChI=1S/C13H12BrNO4/c1-8-5-10(14)12(16)15(6-8)7-9-3-4-11(19-9)13(17)18-2/h3-6H,7H2,1-2H3. The third kappa shape index (κ3) is 2.96. The number of ether oxygens (including phenoxy) is 1. The van der Waals surface area contributed by atoms with Crippen LogP contribution in [0.4, 0.5) is 0 Å². The smallest absolute Gasteiger partial charge is 0.373 e. The van der Waals surface area contributed by atoms with E-state index in [2.05, 4.69) is 20.7 Å². The van der Waals surface area contributed by atoms with E-state index < -0.39 is 5.97 Å². The second-order valence-corrected chi connectivity index (χ2v) is 4.91. The summed E-state index contributed by atoms with van der Waals surface area (Å²) in [5.74, 6) is 0.0984. The zero-order chi connectivity index (χ0) is 14.0. The van der Waals surface area contributed by atoms with Gasteiger partial charge in [0.05, 0.1) is 18.1 Å². The van der Waals surface area contributed by atoms with E-state index >= 15 is 0 Å². The van der Waals surface area contributed by atoms with Crippen molar-refractivity contribution in [2.45, 2.75) is 13.5 Å². The quantitative estimate of drug-likeness (QED) is 0.813. The van der Waals surface area contributed by atoms with Crippen LogP contribution in [0.3, 0.4) is 0 Å². The molecule has 0 saturated carbocycles. The molecule has 2 aromatic rings. The molecule has 0 atom stereocenters. The number of aryl methyl sites for hydroxylation is 1. The van der Waals surface area contributed by atoms with Crippen molar-refractivity contribution < 1.29 is 13.9 Å². The van der Waals surface area contributed by atoms with Crippen molar-refractivity contribution >= 4 is 21.9 Å². The molecule has 0 bridgehead atoms.